The van der Waals surface area contributed by atoms with Crippen molar-refractivity contribution in [2.45, 2.75) is 32.1 Å². The van der Waals surface area contributed by atoms with E-state index in [-0.39, 0.29) is 17.7 Å². The fraction of sp³-hybridized carbons (Fsp3) is 0.654. The van der Waals surface area contributed by atoms with Crippen molar-refractivity contribution in [3.63, 3.8) is 0 Å². The molecular formula is C26H38N4O5. The minimum Gasteiger partial charge on any atom is -0.491 e. The van der Waals surface area contributed by atoms with Gasteiger partial charge in [0.1, 0.15) is 12.4 Å². The van der Waals surface area contributed by atoms with Crippen molar-refractivity contribution in [1.29, 1.82) is 0 Å². The van der Waals surface area contributed by atoms with Crippen molar-refractivity contribution in [1.82, 2.24) is 20.0 Å². The monoisotopic (exact) mass is 486 g/mol. The van der Waals surface area contributed by atoms with Crippen LogP contribution in [0.5, 0.6) is 5.75 Å². The van der Waals surface area contributed by atoms with E-state index in [0.29, 0.717) is 76.7 Å². The minimum atomic E-state index is -0.468. The Morgan fingerprint density at radius 2 is 1.69 bits per heavy atom. The maximum absolute atomic E-state index is 13.3. The van der Waals surface area contributed by atoms with E-state index in [4.69, 9.17) is 9.47 Å². The molecule has 9 nitrogen and oxygen atoms in total. The molecule has 0 radical (unpaired) electrons. The normalized spacial score (nSPS) is 21.9. The van der Waals surface area contributed by atoms with Crippen LogP contribution < -0.4 is 10.1 Å². The van der Waals surface area contributed by atoms with Crippen LogP contribution in [0.2, 0.25) is 0 Å². The fourth-order valence-corrected chi connectivity index (χ4v) is 5.38. The number of ether oxygens (including phenoxy) is 2. The quantitative estimate of drug-likeness (QED) is 0.694. The number of piperidine rings is 1. The number of fused-ring (bicyclic) bond motifs is 9. The summed E-state index contributed by atoms with van der Waals surface area (Å²) in [6.45, 7) is 5.69. The molecule has 0 aromatic heterocycles. The molecule has 0 spiro atoms. The summed E-state index contributed by atoms with van der Waals surface area (Å²) in [5.41, 5.74) is 0.0608. The first-order valence-electron chi connectivity index (χ1n) is 12.8. The van der Waals surface area contributed by atoms with Gasteiger partial charge in [0.25, 0.3) is 5.91 Å². The highest BCUT2D eigenvalue weighted by atomic mass is 16.5. The Labute approximate surface area is 207 Å². The number of hydrogen-bond donors (Lipinski definition) is 1. The van der Waals surface area contributed by atoms with E-state index in [0.717, 1.165) is 32.4 Å². The molecular weight excluding hydrogens is 448 g/mol. The van der Waals surface area contributed by atoms with Crippen LogP contribution in [0.15, 0.2) is 24.3 Å². The third-order valence-electron chi connectivity index (χ3n) is 7.60. The molecule has 5 rings (SSSR count). The van der Waals surface area contributed by atoms with Crippen LogP contribution in [-0.2, 0) is 14.3 Å². The lowest BCUT2D eigenvalue weighted by atomic mass is 9.73. The van der Waals surface area contributed by atoms with Gasteiger partial charge in [-0.1, -0.05) is 18.6 Å². The Kier molecular flexibility index (Phi) is 8.62. The Balaban J connectivity index is 1.52. The molecule has 0 aliphatic carbocycles. The molecule has 1 aromatic carbocycles. The largest absolute Gasteiger partial charge is 0.491 e. The number of nitrogens with one attached hydrogen (secondary N) is 1. The molecule has 4 aliphatic heterocycles. The number of morpholine rings is 1. The minimum absolute atomic E-state index is 0.0536. The van der Waals surface area contributed by atoms with Crippen LogP contribution in [0.3, 0.4) is 0 Å². The lowest BCUT2D eigenvalue weighted by Gasteiger charge is -2.40. The third kappa shape index (κ3) is 6.13. The number of benzene rings is 1. The zero-order valence-corrected chi connectivity index (χ0v) is 20.8. The lowest BCUT2D eigenvalue weighted by molar-refractivity contribution is -0.135. The van der Waals surface area contributed by atoms with Gasteiger partial charge in [-0.3, -0.25) is 19.3 Å². The van der Waals surface area contributed by atoms with Gasteiger partial charge in [-0.15, -0.1) is 0 Å². The molecule has 1 N–H and O–H groups in total. The molecule has 1 aromatic rings. The number of amides is 3. The van der Waals surface area contributed by atoms with Crippen molar-refractivity contribution >= 4 is 17.7 Å². The van der Waals surface area contributed by atoms with E-state index in [1.807, 2.05) is 28.0 Å². The van der Waals surface area contributed by atoms with Crippen LogP contribution in [0.4, 0.5) is 0 Å². The number of hydrogen-bond acceptors (Lipinski definition) is 6. The molecule has 0 saturated carbocycles. The van der Waals surface area contributed by atoms with Crippen LogP contribution in [0, 0.1) is 5.41 Å². The number of rotatable bonds is 3. The second kappa shape index (κ2) is 11.9. The average Bonchev–Trinajstić information content (AvgIpc) is 2.90. The van der Waals surface area contributed by atoms with E-state index < -0.39 is 5.41 Å². The first kappa shape index (κ1) is 25.4. The second-order valence-corrected chi connectivity index (χ2v) is 9.72. The fourth-order valence-electron chi connectivity index (χ4n) is 5.38. The Hall–Kier alpha value is -2.65. The molecule has 0 unspecified atom stereocenters. The number of carbonyl (C=O) groups excluding carboxylic acids is 3. The summed E-state index contributed by atoms with van der Waals surface area (Å²) in [7, 11) is 1.68. The summed E-state index contributed by atoms with van der Waals surface area (Å²) in [6, 6.07) is 7.29. The third-order valence-corrected chi connectivity index (χ3v) is 7.60. The van der Waals surface area contributed by atoms with Crippen LogP contribution in [0.25, 0.3) is 0 Å². The first-order chi connectivity index (χ1) is 17.0. The molecule has 2 bridgehead atoms. The summed E-state index contributed by atoms with van der Waals surface area (Å²) in [4.78, 5) is 45.2. The van der Waals surface area contributed by atoms with Gasteiger partial charge in [0.05, 0.1) is 37.3 Å². The average molecular weight is 487 g/mol. The summed E-state index contributed by atoms with van der Waals surface area (Å²) in [5, 5.41) is 2.85. The molecule has 35 heavy (non-hydrogen) atoms. The summed E-state index contributed by atoms with van der Waals surface area (Å²) < 4.78 is 11.5. The zero-order valence-electron chi connectivity index (χ0n) is 20.8. The topological polar surface area (TPSA) is 91.4 Å². The SMILES string of the molecule is CNC(=O)C12CCCCN(C(=O)CN3CCOCC3)CCOc3ccccc3C(=O)N(CC1)CC2. The van der Waals surface area contributed by atoms with Crippen molar-refractivity contribution < 1.29 is 23.9 Å². The molecule has 4 aliphatic rings. The molecule has 192 valence electrons. The Bertz CT molecular complexity index is 893. The summed E-state index contributed by atoms with van der Waals surface area (Å²) in [6.07, 6.45) is 3.71. The van der Waals surface area contributed by atoms with Gasteiger partial charge in [0, 0.05) is 39.8 Å². The standard InChI is InChI=1S/C26H38N4O5/c1-27-25(33)26-8-4-5-11-29(23(31)20-28-14-17-34-18-15-28)16-19-35-22-7-3-2-6-21(22)24(32)30(12-9-26)13-10-26/h2-3,6-7H,4-5,8-20H2,1H3,(H,27,33). The summed E-state index contributed by atoms with van der Waals surface area (Å²) in [5.74, 6) is 0.604. The van der Waals surface area contributed by atoms with Gasteiger partial charge in [-0.25, -0.2) is 0 Å². The van der Waals surface area contributed by atoms with Gasteiger partial charge in [-0.05, 0) is 37.8 Å². The smallest absolute Gasteiger partial charge is 0.257 e. The Morgan fingerprint density at radius 3 is 2.43 bits per heavy atom. The lowest BCUT2D eigenvalue weighted by Crippen LogP contribution is -2.49. The van der Waals surface area contributed by atoms with E-state index in [2.05, 4.69) is 10.2 Å². The molecule has 2 fully saturated rings. The van der Waals surface area contributed by atoms with Crippen molar-refractivity contribution in [2.24, 2.45) is 5.41 Å². The van der Waals surface area contributed by atoms with Gasteiger partial charge in [0.2, 0.25) is 11.8 Å². The number of carbonyl (C=O) groups is 3. The van der Waals surface area contributed by atoms with Crippen LogP contribution >= 0.6 is 0 Å². The molecule has 2 saturated heterocycles. The van der Waals surface area contributed by atoms with Crippen molar-refractivity contribution in [3.8, 4) is 5.75 Å². The molecule has 0 atom stereocenters. The van der Waals surface area contributed by atoms with Crippen LogP contribution in [0.1, 0.15) is 42.5 Å². The number of nitrogens with zero attached hydrogens (tertiary/aromatic N) is 3. The second-order valence-electron chi connectivity index (χ2n) is 9.72. The highest BCUT2D eigenvalue weighted by Gasteiger charge is 2.41. The highest BCUT2D eigenvalue weighted by molar-refractivity contribution is 5.97. The van der Waals surface area contributed by atoms with E-state index >= 15 is 0 Å². The van der Waals surface area contributed by atoms with Gasteiger partial charge >= 0.3 is 0 Å². The molecule has 4 heterocycles. The van der Waals surface area contributed by atoms with E-state index in [1.54, 1.807) is 13.1 Å². The predicted molar refractivity (Wildman–Crippen MR) is 131 cm³/mol. The van der Waals surface area contributed by atoms with Crippen molar-refractivity contribution in [3.05, 3.63) is 29.8 Å². The van der Waals surface area contributed by atoms with Gasteiger partial charge in [0.15, 0.2) is 0 Å². The van der Waals surface area contributed by atoms with Crippen molar-refractivity contribution in [2.75, 3.05) is 72.7 Å². The van der Waals surface area contributed by atoms with Crippen LogP contribution in [-0.4, -0.2) is 105 Å². The summed E-state index contributed by atoms with van der Waals surface area (Å²) >= 11 is 0. The zero-order chi connectivity index (χ0) is 24.7. The first-order valence-corrected chi connectivity index (χ1v) is 12.8. The maximum Gasteiger partial charge on any atom is 0.257 e. The van der Waals surface area contributed by atoms with E-state index in [9.17, 15) is 14.4 Å². The van der Waals surface area contributed by atoms with Gasteiger partial charge < -0.3 is 24.6 Å². The van der Waals surface area contributed by atoms with Gasteiger partial charge in [-0.2, -0.15) is 0 Å². The Morgan fingerprint density at radius 1 is 0.943 bits per heavy atom. The predicted octanol–water partition coefficient (Wildman–Crippen LogP) is 1.38. The van der Waals surface area contributed by atoms with E-state index in [1.165, 1.54) is 0 Å². The molecule has 9 heteroatoms. The number of para-hydroxylation sites is 1. The maximum atomic E-state index is 13.3. The molecule has 3 amide bonds. The highest BCUT2D eigenvalue weighted by Crippen LogP contribution is 2.38.